The summed E-state index contributed by atoms with van der Waals surface area (Å²) < 4.78 is 92.9. The zero-order valence-electron chi connectivity index (χ0n) is 13.1. The molecule has 26 heavy (non-hydrogen) atoms. The van der Waals surface area contributed by atoms with Crippen LogP contribution in [0.25, 0.3) is 0 Å². The largest absolute Gasteiger partial charge is 0.744 e. The van der Waals surface area contributed by atoms with Gasteiger partial charge in [-0.05, 0) is 25.0 Å². The predicted molar refractivity (Wildman–Crippen MR) is 85.2 cm³/mol. The summed E-state index contributed by atoms with van der Waals surface area (Å²) >= 11 is 0. The molecule has 10 heteroatoms. The van der Waals surface area contributed by atoms with Crippen molar-refractivity contribution in [2.45, 2.75) is 22.6 Å². The number of benzene rings is 2. The molecule has 0 unspecified atom stereocenters. The van der Waals surface area contributed by atoms with Crippen molar-refractivity contribution in [1.82, 2.24) is 0 Å². The van der Waals surface area contributed by atoms with Crippen molar-refractivity contribution in [2.75, 3.05) is 11.5 Å². The molecule has 0 amide bonds. The van der Waals surface area contributed by atoms with Gasteiger partial charge >= 0.3 is 0 Å². The summed E-state index contributed by atoms with van der Waals surface area (Å²) in [5, 5.41) is 0. The van der Waals surface area contributed by atoms with E-state index in [0.29, 0.717) is 10.9 Å². The van der Waals surface area contributed by atoms with Gasteiger partial charge in [-0.25, -0.2) is 30.4 Å². The highest BCUT2D eigenvalue weighted by Gasteiger charge is 2.29. The quantitative estimate of drug-likeness (QED) is 0.248. The highest BCUT2D eigenvalue weighted by Crippen LogP contribution is 2.26. The molecule has 1 aliphatic rings. The van der Waals surface area contributed by atoms with Crippen LogP contribution in [0.2, 0.25) is 0 Å². The van der Waals surface area contributed by atoms with Crippen molar-refractivity contribution in [3.8, 4) is 0 Å². The number of rotatable bonds is 2. The zero-order chi connectivity index (χ0) is 19.5. The highest BCUT2D eigenvalue weighted by atomic mass is 32.2. The lowest BCUT2D eigenvalue weighted by Gasteiger charge is -2.10. The fourth-order valence-electron chi connectivity index (χ4n) is 2.31. The van der Waals surface area contributed by atoms with Crippen LogP contribution in [0.5, 0.6) is 0 Å². The summed E-state index contributed by atoms with van der Waals surface area (Å²) in [7, 11) is -5.16. The molecule has 0 N–H and O–H groups in total. The van der Waals surface area contributed by atoms with E-state index in [1.807, 2.05) is 0 Å². The topological polar surface area (TPSA) is 57.2 Å². The van der Waals surface area contributed by atoms with Crippen molar-refractivity contribution >= 4 is 21.0 Å². The second-order valence-corrected chi connectivity index (χ2v) is 8.86. The fraction of sp³-hybridized carbons (Fsp3) is 0.250. The average Bonchev–Trinajstić information content (AvgIpc) is 3.13. The number of hydrogen-bond donors (Lipinski definition) is 0. The van der Waals surface area contributed by atoms with Crippen LogP contribution in [0, 0.1) is 29.1 Å². The van der Waals surface area contributed by atoms with E-state index >= 15 is 0 Å². The van der Waals surface area contributed by atoms with Gasteiger partial charge in [0.25, 0.3) is 0 Å². The SMILES string of the molecule is O=S(=O)([O-])c1c(F)c(F)c(F)c(F)c1F.c1ccc([S+]2CCCC2)cc1. The molecular formula is C16H13F5O3S2. The van der Waals surface area contributed by atoms with Crippen LogP contribution in [0.15, 0.2) is 40.1 Å². The molecule has 0 bridgehead atoms. The molecule has 1 aliphatic heterocycles. The molecule has 0 atom stereocenters. The Balaban J connectivity index is 0.000000195. The van der Waals surface area contributed by atoms with Gasteiger partial charge in [-0.2, -0.15) is 0 Å². The average molecular weight is 412 g/mol. The lowest BCUT2D eigenvalue weighted by Crippen LogP contribution is -2.12. The van der Waals surface area contributed by atoms with Crippen molar-refractivity contribution in [2.24, 2.45) is 0 Å². The van der Waals surface area contributed by atoms with Crippen LogP contribution in [0.3, 0.4) is 0 Å². The third kappa shape index (κ3) is 4.54. The van der Waals surface area contributed by atoms with Crippen LogP contribution >= 0.6 is 0 Å². The fourth-order valence-corrected chi connectivity index (χ4v) is 5.25. The van der Waals surface area contributed by atoms with Gasteiger partial charge in [0.15, 0.2) is 28.2 Å². The molecule has 2 aromatic carbocycles. The van der Waals surface area contributed by atoms with E-state index in [9.17, 15) is 34.9 Å². The lowest BCUT2D eigenvalue weighted by atomic mass is 10.3. The van der Waals surface area contributed by atoms with Crippen molar-refractivity contribution in [1.29, 1.82) is 0 Å². The summed E-state index contributed by atoms with van der Waals surface area (Å²) in [6, 6.07) is 11.0. The van der Waals surface area contributed by atoms with Crippen LogP contribution in [-0.2, 0) is 21.0 Å². The summed E-state index contributed by atoms with van der Waals surface area (Å²) in [6.45, 7) is 0. The second-order valence-electron chi connectivity index (χ2n) is 5.27. The minimum atomic E-state index is -5.77. The monoisotopic (exact) mass is 412 g/mol. The first kappa shape index (κ1) is 20.7. The molecule has 0 aliphatic carbocycles. The predicted octanol–water partition coefficient (Wildman–Crippen LogP) is 3.74. The minimum absolute atomic E-state index is 0.609. The van der Waals surface area contributed by atoms with Crippen molar-refractivity contribution < 1.29 is 34.9 Å². The molecule has 2 aromatic rings. The molecule has 142 valence electrons. The van der Waals surface area contributed by atoms with Gasteiger partial charge < -0.3 is 4.55 Å². The minimum Gasteiger partial charge on any atom is -0.744 e. The van der Waals surface area contributed by atoms with Crippen LogP contribution in [0.1, 0.15) is 12.8 Å². The second kappa shape index (κ2) is 8.36. The Morgan fingerprint density at radius 3 is 1.62 bits per heavy atom. The molecule has 0 saturated carbocycles. The van der Waals surface area contributed by atoms with E-state index in [1.165, 1.54) is 24.3 Å². The van der Waals surface area contributed by atoms with Gasteiger partial charge in [0.1, 0.15) is 26.5 Å². The summed E-state index contributed by atoms with van der Waals surface area (Å²) in [5.41, 5.74) is 0. The van der Waals surface area contributed by atoms with Gasteiger partial charge in [-0.3, -0.25) is 0 Å². The zero-order valence-corrected chi connectivity index (χ0v) is 14.8. The molecule has 0 aromatic heterocycles. The first-order chi connectivity index (χ1) is 12.1. The number of halogens is 5. The molecule has 1 fully saturated rings. The van der Waals surface area contributed by atoms with Crippen molar-refractivity contribution in [3.63, 3.8) is 0 Å². The molecule has 1 saturated heterocycles. The Hall–Kier alpha value is -1.65. The van der Waals surface area contributed by atoms with Crippen molar-refractivity contribution in [3.05, 3.63) is 59.4 Å². The molecule has 1 heterocycles. The summed E-state index contributed by atoms with van der Waals surface area (Å²) in [6.07, 6.45) is 2.88. The standard InChI is InChI=1S/C10H13S.C6HF5O3S/c1-2-6-10(7-3-1)11-8-4-5-9-11;7-1-2(8)4(10)6(15(12,13)14)5(11)3(1)9/h1-3,6-7H,4-5,8-9H2;(H,12,13,14)/q+1;/p-1. The maximum Gasteiger partial charge on any atom is 0.200 e. The summed E-state index contributed by atoms with van der Waals surface area (Å²) in [5.74, 6) is -9.96. The van der Waals surface area contributed by atoms with E-state index in [1.54, 1.807) is 4.90 Å². The molecule has 3 rings (SSSR count). The Morgan fingerprint density at radius 2 is 1.19 bits per heavy atom. The van der Waals surface area contributed by atoms with Crippen LogP contribution in [0.4, 0.5) is 22.0 Å². The van der Waals surface area contributed by atoms with Gasteiger partial charge in [0.05, 0.1) is 0 Å². The lowest BCUT2D eigenvalue weighted by molar-refractivity contribution is 0.350. The maximum absolute atomic E-state index is 12.6. The summed E-state index contributed by atoms with van der Waals surface area (Å²) in [4.78, 5) is -0.802. The van der Waals surface area contributed by atoms with Gasteiger partial charge in [-0.15, -0.1) is 0 Å². The van der Waals surface area contributed by atoms with E-state index in [2.05, 4.69) is 30.3 Å². The molecular weight excluding hydrogens is 399 g/mol. The Labute approximate surface area is 149 Å². The van der Waals surface area contributed by atoms with Crippen LogP contribution < -0.4 is 0 Å². The third-order valence-electron chi connectivity index (χ3n) is 3.53. The van der Waals surface area contributed by atoms with Gasteiger partial charge in [0, 0.05) is 10.9 Å². The van der Waals surface area contributed by atoms with Gasteiger partial charge in [0.2, 0.25) is 5.82 Å². The Kier molecular flexibility index (Phi) is 6.64. The van der Waals surface area contributed by atoms with Crippen LogP contribution in [-0.4, -0.2) is 24.5 Å². The Morgan fingerprint density at radius 1 is 0.769 bits per heavy atom. The first-order valence-corrected chi connectivity index (χ1v) is 10.3. The molecule has 0 spiro atoms. The van der Waals surface area contributed by atoms with E-state index in [-0.39, 0.29) is 0 Å². The third-order valence-corrected chi connectivity index (χ3v) is 6.89. The normalized spacial score (nSPS) is 14.8. The molecule has 0 radical (unpaired) electrons. The maximum atomic E-state index is 12.6. The van der Waals surface area contributed by atoms with Gasteiger partial charge in [-0.1, -0.05) is 18.2 Å². The highest BCUT2D eigenvalue weighted by molar-refractivity contribution is 7.97. The van der Waals surface area contributed by atoms with E-state index < -0.39 is 44.1 Å². The van der Waals surface area contributed by atoms with E-state index in [0.717, 1.165) is 0 Å². The Bertz CT molecular complexity index is 853. The number of hydrogen-bond acceptors (Lipinski definition) is 3. The van der Waals surface area contributed by atoms with E-state index in [4.69, 9.17) is 0 Å². The first-order valence-electron chi connectivity index (χ1n) is 7.34. The molecule has 3 nitrogen and oxygen atoms in total. The smallest absolute Gasteiger partial charge is 0.200 e.